The zero-order valence-electron chi connectivity index (χ0n) is 19.0. The Morgan fingerprint density at radius 1 is 1.15 bits per heavy atom. The van der Waals surface area contributed by atoms with E-state index in [1.807, 2.05) is 42.2 Å². The van der Waals surface area contributed by atoms with E-state index < -0.39 is 0 Å². The fourth-order valence-electron chi connectivity index (χ4n) is 3.88. The zero-order chi connectivity index (χ0) is 23.5. The predicted octanol–water partition coefficient (Wildman–Crippen LogP) is 4.53. The van der Waals surface area contributed by atoms with Crippen molar-refractivity contribution in [1.29, 1.82) is 0 Å². The Labute approximate surface area is 197 Å². The van der Waals surface area contributed by atoms with Gasteiger partial charge in [0, 0.05) is 17.8 Å². The van der Waals surface area contributed by atoms with Crippen molar-refractivity contribution in [3.05, 3.63) is 59.6 Å². The summed E-state index contributed by atoms with van der Waals surface area (Å²) in [5, 5.41) is 18.6. The first-order chi connectivity index (χ1) is 16.0. The Kier molecular flexibility index (Phi) is 6.50. The third-order valence-corrected chi connectivity index (χ3v) is 5.92. The van der Waals surface area contributed by atoms with E-state index in [0.29, 0.717) is 22.6 Å². The number of ether oxygens (including phenoxy) is 2. The van der Waals surface area contributed by atoms with Gasteiger partial charge in [0.2, 0.25) is 5.82 Å². The minimum atomic E-state index is -0.383. The average molecular weight is 467 g/mol. The lowest BCUT2D eigenvalue weighted by molar-refractivity contribution is 0.372. The molecule has 9 heteroatoms. The molecule has 2 aromatic carbocycles. The highest BCUT2D eigenvalue weighted by Gasteiger charge is 2.34. The fourth-order valence-corrected chi connectivity index (χ4v) is 4.22. The summed E-state index contributed by atoms with van der Waals surface area (Å²) in [6.45, 7) is 4.84. The lowest BCUT2D eigenvalue weighted by Crippen LogP contribution is -2.46. The third-order valence-electron chi connectivity index (χ3n) is 5.58. The van der Waals surface area contributed by atoms with Crippen LogP contribution in [0.25, 0.3) is 17.0 Å². The molecule has 172 valence electrons. The van der Waals surface area contributed by atoms with Crippen molar-refractivity contribution in [3.8, 4) is 28.6 Å². The van der Waals surface area contributed by atoms with Gasteiger partial charge in [-0.2, -0.15) is 4.98 Å². The highest BCUT2D eigenvalue weighted by Crippen LogP contribution is 2.39. The smallest absolute Gasteiger partial charge is 0.258 e. The Morgan fingerprint density at radius 2 is 1.91 bits per heavy atom. The van der Waals surface area contributed by atoms with Gasteiger partial charge >= 0.3 is 0 Å². The number of aromatic nitrogens is 2. The largest absolute Gasteiger partial charge is 0.504 e. The van der Waals surface area contributed by atoms with Crippen LogP contribution in [0.4, 0.5) is 0 Å². The number of phenols is 1. The normalized spacial score (nSPS) is 16.1. The summed E-state index contributed by atoms with van der Waals surface area (Å²) in [5.74, 6) is 2.04. The second-order valence-electron chi connectivity index (χ2n) is 7.62. The molecule has 2 heterocycles. The van der Waals surface area contributed by atoms with Crippen LogP contribution in [0.5, 0.6) is 17.2 Å². The number of nitrogens with one attached hydrogen (secondary N) is 1. The first-order valence-corrected chi connectivity index (χ1v) is 11.0. The number of phenolic OH excluding ortho intramolecular Hbond substituents is 1. The molecule has 0 saturated carbocycles. The molecule has 1 aromatic heterocycles. The molecule has 0 aliphatic carbocycles. The summed E-state index contributed by atoms with van der Waals surface area (Å²) in [6.07, 6.45) is 0.918. The lowest BCUT2D eigenvalue weighted by atomic mass is 9.94. The van der Waals surface area contributed by atoms with Gasteiger partial charge < -0.3 is 29.3 Å². The van der Waals surface area contributed by atoms with Gasteiger partial charge in [0.05, 0.1) is 25.8 Å². The van der Waals surface area contributed by atoms with Gasteiger partial charge in [-0.05, 0) is 67.5 Å². The number of thiocarbonyl (C=S) groups is 1. The number of hydrogen-bond acceptors (Lipinski definition) is 7. The second kappa shape index (κ2) is 9.50. The summed E-state index contributed by atoms with van der Waals surface area (Å²) < 4.78 is 16.1. The Morgan fingerprint density at radius 3 is 2.55 bits per heavy atom. The molecule has 0 saturated heterocycles. The van der Waals surface area contributed by atoms with Crippen LogP contribution in [0.2, 0.25) is 0 Å². The molecule has 33 heavy (non-hydrogen) atoms. The van der Waals surface area contributed by atoms with Crippen LogP contribution in [0.3, 0.4) is 0 Å². The first kappa shape index (κ1) is 22.6. The molecule has 1 unspecified atom stereocenters. The van der Waals surface area contributed by atoms with Gasteiger partial charge in [-0.25, -0.2) is 0 Å². The molecule has 4 rings (SSSR count). The Hall–Kier alpha value is -3.59. The minimum Gasteiger partial charge on any atom is -0.504 e. The monoisotopic (exact) mass is 466 g/mol. The van der Waals surface area contributed by atoms with Gasteiger partial charge in [0.25, 0.3) is 5.89 Å². The van der Waals surface area contributed by atoms with Crippen molar-refractivity contribution in [2.75, 3.05) is 20.8 Å². The quantitative estimate of drug-likeness (QED) is 0.487. The van der Waals surface area contributed by atoms with E-state index in [2.05, 4.69) is 22.4 Å². The maximum absolute atomic E-state index is 10.4. The highest BCUT2D eigenvalue weighted by molar-refractivity contribution is 7.80. The molecule has 1 atom stereocenters. The average Bonchev–Trinajstić information content (AvgIpc) is 3.31. The summed E-state index contributed by atoms with van der Waals surface area (Å²) in [4.78, 5) is 6.72. The van der Waals surface area contributed by atoms with Crippen LogP contribution in [0.15, 0.2) is 52.7 Å². The Bertz CT molecular complexity index is 1190. The summed E-state index contributed by atoms with van der Waals surface area (Å²) in [6, 6.07) is 12.3. The second-order valence-corrected chi connectivity index (χ2v) is 8.00. The topological polar surface area (TPSA) is 92.9 Å². The molecule has 8 nitrogen and oxygen atoms in total. The zero-order valence-corrected chi connectivity index (χ0v) is 19.8. The van der Waals surface area contributed by atoms with E-state index in [9.17, 15) is 5.11 Å². The van der Waals surface area contributed by atoms with E-state index in [0.717, 1.165) is 41.1 Å². The lowest BCUT2D eigenvalue weighted by Gasteiger charge is -2.37. The van der Waals surface area contributed by atoms with E-state index >= 15 is 0 Å². The van der Waals surface area contributed by atoms with Gasteiger partial charge in [-0.15, -0.1) is 0 Å². The maximum atomic E-state index is 10.4. The predicted molar refractivity (Wildman–Crippen MR) is 129 cm³/mol. The van der Waals surface area contributed by atoms with Crippen molar-refractivity contribution in [3.63, 3.8) is 0 Å². The van der Waals surface area contributed by atoms with Crippen molar-refractivity contribution in [2.24, 2.45) is 0 Å². The van der Waals surface area contributed by atoms with Crippen molar-refractivity contribution in [1.82, 2.24) is 20.4 Å². The molecule has 0 bridgehead atoms. The number of allylic oxidation sites excluding steroid dienone is 1. The third kappa shape index (κ3) is 4.36. The molecule has 0 spiro atoms. The highest BCUT2D eigenvalue weighted by atomic mass is 32.1. The van der Waals surface area contributed by atoms with Crippen LogP contribution in [-0.2, 0) is 0 Å². The van der Waals surface area contributed by atoms with E-state index in [4.69, 9.17) is 26.2 Å². The summed E-state index contributed by atoms with van der Waals surface area (Å²) >= 11 is 5.65. The molecule has 1 aliphatic rings. The number of hydrogen-bond donors (Lipinski definition) is 2. The Balaban J connectivity index is 1.79. The summed E-state index contributed by atoms with van der Waals surface area (Å²) in [5.41, 5.74) is 3.33. The number of nitrogens with zero attached hydrogens (tertiary/aromatic N) is 3. The molecule has 2 N–H and O–H groups in total. The molecule has 3 aromatic rings. The van der Waals surface area contributed by atoms with E-state index in [1.165, 1.54) is 7.11 Å². The fraction of sp³-hybridized carbons (Fsp3) is 0.292. The SMILES string of the molecule is CCCN1C(=S)NC(c2ccc(OC)c(O)c2)C(c2nc(-c3ccc(OC)cc3)no2)=C1C. The number of rotatable bonds is 7. The van der Waals surface area contributed by atoms with Crippen molar-refractivity contribution >= 4 is 22.9 Å². The number of benzene rings is 2. The maximum Gasteiger partial charge on any atom is 0.258 e. The van der Waals surface area contributed by atoms with Crippen LogP contribution < -0.4 is 14.8 Å². The number of aromatic hydroxyl groups is 1. The summed E-state index contributed by atoms with van der Waals surface area (Å²) in [7, 11) is 3.14. The van der Waals surface area contributed by atoms with Crippen molar-refractivity contribution < 1.29 is 19.1 Å². The number of methoxy groups -OCH3 is 2. The first-order valence-electron chi connectivity index (χ1n) is 10.6. The van der Waals surface area contributed by atoms with Crippen LogP contribution >= 0.6 is 12.2 Å². The molecule has 1 aliphatic heterocycles. The van der Waals surface area contributed by atoms with Crippen LogP contribution in [0.1, 0.15) is 37.8 Å². The van der Waals surface area contributed by atoms with E-state index in [-0.39, 0.29) is 11.8 Å². The van der Waals surface area contributed by atoms with Gasteiger partial charge in [0.1, 0.15) is 5.75 Å². The van der Waals surface area contributed by atoms with Gasteiger partial charge in [-0.1, -0.05) is 18.1 Å². The molecule has 0 radical (unpaired) electrons. The van der Waals surface area contributed by atoms with Crippen LogP contribution in [-0.4, -0.2) is 46.0 Å². The van der Waals surface area contributed by atoms with E-state index in [1.54, 1.807) is 19.2 Å². The standard InChI is InChI=1S/C24H26N4O4S/c1-5-12-28-14(2)20(21(25-24(28)33)16-8-11-19(31-4)18(29)13-16)23-26-22(27-32-23)15-6-9-17(30-3)10-7-15/h6-11,13,21,29H,5,12H2,1-4H3,(H,25,33). The van der Waals surface area contributed by atoms with Gasteiger partial charge in [0.15, 0.2) is 16.6 Å². The molecular formula is C24H26N4O4S. The molecule has 0 amide bonds. The molecular weight excluding hydrogens is 440 g/mol. The molecule has 0 fully saturated rings. The minimum absolute atomic E-state index is 0.0418. The van der Waals surface area contributed by atoms with Crippen LogP contribution in [0, 0.1) is 0 Å². The van der Waals surface area contributed by atoms with Crippen molar-refractivity contribution in [2.45, 2.75) is 26.3 Å². The van der Waals surface area contributed by atoms with Gasteiger partial charge in [-0.3, -0.25) is 0 Å².